The van der Waals surface area contributed by atoms with Gasteiger partial charge in [-0.15, -0.1) is 0 Å². The van der Waals surface area contributed by atoms with Crippen LogP contribution in [0.3, 0.4) is 0 Å². The van der Waals surface area contributed by atoms with Gasteiger partial charge >= 0.3 is 0 Å². The third-order valence-corrected chi connectivity index (χ3v) is 7.41. The minimum atomic E-state index is -0.414. The lowest BCUT2D eigenvalue weighted by Gasteiger charge is -2.21. The molecule has 1 atom stereocenters. The Morgan fingerprint density at radius 1 is 1.15 bits per heavy atom. The van der Waals surface area contributed by atoms with Gasteiger partial charge in [-0.25, -0.2) is 9.50 Å². The van der Waals surface area contributed by atoms with Crippen LogP contribution >= 0.6 is 0 Å². The molecule has 2 aromatic heterocycles. The SMILES string of the molecule is C=C1COc2ccc(CNC(=O)c3cc(C(=O)N[C@H]4CCc5c4ccc(C(C)=O)c5C)n4nccc4n3)cc2N1. The van der Waals surface area contributed by atoms with Crippen LogP contribution in [-0.4, -0.2) is 38.8 Å². The van der Waals surface area contributed by atoms with Crippen LogP contribution in [0.2, 0.25) is 0 Å². The Morgan fingerprint density at radius 3 is 2.83 bits per heavy atom. The number of ether oxygens (including phenoxy) is 1. The van der Waals surface area contributed by atoms with Crippen molar-refractivity contribution in [3.8, 4) is 5.75 Å². The molecule has 6 rings (SSSR count). The van der Waals surface area contributed by atoms with E-state index >= 15 is 0 Å². The van der Waals surface area contributed by atoms with E-state index < -0.39 is 5.91 Å². The second-order valence-electron chi connectivity index (χ2n) is 10.1. The lowest BCUT2D eigenvalue weighted by Crippen LogP contribution is -2.30. The first-order valence-electron chi connectivity index (χ1n) is 13.1. The fourth-order valence-corrected chi connectivity index (χ4v) is 5.41. The Morgan fingerprint density at radius 2 is 2.00 bits per heavy atom. The predicted octanol–water partition coefficient (Wildman–Crippen LogP) is 3.91. The molecule has 10 nitrogen and oxygen atoms in total. The van der Waals surface area contributed by atoms with Crippen molar-refractivity contribution in [2.45, 2.75) is 39.3 Å². The van der Waals surface area contributed by atoms with Crippen LogP contribution in [-0.2, 0) is 13.0 Å². The highest BCUT2D eigenvalue weighted by Gasteiger charge is 2.28. The number of anilines is 1. The summed E-state index contributed by atoms with van der Waals surface area (Å²) >= 11 is 0. The summed E-state index contributed by atoms with van der Waals surface area (Å²) in [4.78, 5) is 43.0. The molecule has 2 aromatic carbocycles. The van der Waals surface area contributed by atoms with Crippen LogP contribution in [0.5, 0.6) is 5.75 Å². The van der Waals surface area contributed by atoms with Crippen LogP contribution in [0.4, 0.5) is 5.69 Å². The fourth-order valence-electron chi connectivity index (χ4n) is 5.41. The molecule has 4 aromatic rings. The molecular weight excluding hydrogens is 508 g/mol. The van der Waals surface area contributed by atoms with Gasteiger partial charge in [0.15, 0.2) is 11.4 Å². The normalized spacial score (nSPS) is 15.6. The second kappa shape index (κ2) is 9.96. The van der Waals surface area contributed by atoms with Gasteiger partial charge < -0.3 is 20.7 Å². The Kier molecular flexibility index (Phi) is 6.30. The maximum atomic E-state index is 13.5. The number of rotatable bonds is 6. The van der Waals surface area contributed by atoms with Crippen LogP contribution < -0.4 is 20.7 Å². The summed E-state index contributed by atoms with van der Waals surface area (Å²) in [5, 5.41) is 13.4. The molecule has 0 radical (unpaired) electrons. The first kappa shape index (κ1) is 25.3. The van der Waals surface area contributed by atoms with Crippen molar-refractivity contribution in [3.63, 3.8) is 0 Å². The molecule has 0 fully saturated rings. The quantitative estimate of drug-likeness (QED) is 0.319. The van der Waals surface area contributed by atoms with Gasteiger partial charge in [0, 0.05) is 29.9 Å². The van der Waals surface area contributed by atoms with E-state index in [1.54, 1.807) is 13.0 Å². The monoisotopic (exact) mass is 536 g/mol. The molecule has 2 amide bonds. The smallest absolute Gasteiger partial charge is 0.270 e. The van der Waals surface area contributed by atoms with Gasteiger partial charge in [0.1, 0.15) is 23.7 Å². The molecule has 0 unspecified atom stereocenters. The van der Waals surface area contributed by atoms with Crippen LogP contribution in [0, 0.1) is 6.92 Å². The number of hydrogen-bond acceptors (Lipinski definition) is 7. The van der Waals surface area contributed by atoms with Crippen molar-refractivity contribution in [2.75, 3.05) is 11.9 Å². The number of amides is 2. The summed E-state index contributed by atoms with van der Waals surface area (Å²) in [6.07, 6.45) is 3.03. The minimum Gasteiger partial charge on any atom is -0.485 e. The number of carbonyl (C=O) groups is 3. The van der Waals surface area contributed by atoms with Crippen molar-refractivity contribution >= 4 is 28.9 Å². The van der Waals surface area contributed by atoms with E-state index in [4.69, 9.17) is 4.74 Å². The number of Topliss-reactive ketones (excluding diaryl/α,β-unsaturated/α-hetero) is 1. The van der Waals surface area contributed by atoms with Gasteiger partial charge in [-0.3, -0.25) is 14.4 Å². The molecule has 0 spiro atoms. The van der Waals surface area contributed by atoms with Crippen LogP contribution in [0.15, 0.2) is 60.9 Å². The number of nitrogens with one attached hydrogen (secondary N) is 3. The standard InChI is InChI=1S/C30H28N6O4/c1-16-15-40-27-9-4-19(12-24(27)33-16)14-31-29(38)25-13-26(36-28(34-25)10-11-32-36)30(39)35-23-8-7-21-17(2)20(18(3)37)5-6-22(21)23/h4-6,9-13,23,33H,1,7-8,14-15H2,2-3H3,(H,31,38)(H,35,39)/t23-/m0/s1. The zero-order valence-electron chi connectivity index (χ0n) is 22.2. The third kappa shape index (κ3) is 4.57. The van der Waals surface area contributed by atoms with Gasteiger partial charge in [0.2, 0.25) is 0 Å². The van der Waals surface area contributed by atoms with E-state index in [-0.39, 0.29) is 35.7 Å². The topological polar surface area (TPSA) is 127 Å². The molecule has 3 N–H and O–H groups in total. The van der Waals surface area contributed by atoms with Gasteiger partial charge in [-0.1, -0.05) is 24.8 Å². The molecule has 10 heteroatoms. The molecular formula is C30H28N6O4. The molecule has 0 saturated carbocycles. The number of nitrogens with zero attached hydrogens (tertiary/aromatic N) is 3. The molecule has 0 bridgehead atoms. The maximum absolute atomic E-state index is 13.5. The van der Waals surface area contributed by atoms with E-state index in [2.05, 4.69) is 32.6 Å². The van der Waals surface area contributed by atoms with Crippen molar-refractivity contribution in [1.82, 2.24) is 25.2 Å². The van der Waals surface area contributed by atoms with Crippen LogP contribution in [0.25, 0.3) is 5.65 Å². The van der Waals surface area contributed by atoms with E-state index in [1.807, 2.05) is 37.3 Å². The number of fused-ring (bicyclic) bond motifs is 3. The Balaban J connectivity index is 1.21. The zero-order valence-corrected chi connectivity index (χ0v) is 22.2. The molecule has 40 heavy (non-hydrogen) atoms. The number of benzene rings is 2. The largest absolute Gasteiger partial charge is 0.485 e. The summed E-state index contributed by atoms with van der Waals surface area (Å²) in [5.74, 6) is -0.0232. The Hall–Kier alpha value is -4.99. The van der Waals surface area contributed by atoms with E-state index in [9.17, 15) is 14.4 Å². The van der Waals surface area contributed by atoms with Gasteiger partial charge in [0.05, 0.1) is 17.9 Å². The molecule has 0 saturated heterocycles. The minimum absolute atomic E-state index is 0.0275. The number of carbonyl (C=O) groups excluding carboxylic acids is 3. The average molecular weight is 537 g/mol. The lowest BCUT2D eigenvalue weighted by atomic mass is 9.96. The van der Waals surface area contributed by atoms with E-state index in [0.29, 0.717) is 17.8 Å². The summed E-state index contributed by atoms with van der Waals surface area (Å²) in [6.45, 7) is 8.07. The molecule has 1 aliphatic heterocycles. The highest BCUT2D eigenvalue weighted by molar-refractivity contribution is 5.99. The lowest BCUT2D eigenvalue weighted by molar-refractivity contribution is 0.0927. The van der Waals surface area contributed by atoms with E-state index in [0.717, 1.165) is 52.2 Å². The first-order valence-corrected chi connectivity index (χ1v) is 13.1. The number of hydrogen-bond donors (Lipinski definition) is 3. The van der Waals surface area contributed by atoms with Gasteiger partial charge in [-0.2, -0.15) is 5.10 Å². The molecule has 3 heterocycles. The van der Waals surface area contributed by atoms with Crippen molar-refractivity contribution in [3.05, 3.63) is 100 Å². The highest BCUT2D eigenvalue weighted by Crippen LogP contribution is 2.35. The van der Waals surface area contributed by atoms with Crippen molar-refractivity contribution < 1.29 is 19.1 Å². The number of ketones is 1. The Labute approximate surface area is 230 Å². The van der Waals surface area contributed by atoms with E-state index in [1.165, 1.54) is 16.8 Å². The third-order valence-electron chi connectivity index (χ3n) is 7.41. The molecule has 2 aliphatic rings. The number of aromatic nitrogens is 3. The van der Waals surface area contributed by atoms with Crippen molar-refractivity contribution in [2.24, 2.45) is 0 Å². The first-order chi connectivity index (χ1) is 19.3. The molecule has 1 aliphatic carbocycles. The summed E-state index contributed by atoms with van der Waals surface area (Å²) in [5.41, 5.74) is 6.91. The summed E-state index contributed by atoms with van der Waals surface area (Å²) < 4.78 is 7.05. The summed E-state index contributed by atoms with van der Waals surface area (Å²) in [7, 11) is 0. The highest BCUT2D eigenvalue weighted by atomic mass is 16.5. The summed E-state index contributed by atoms with van der Waals surface area (Å²) in [6, 6.07) is 12.3. The zero-order chi connectivity index (χ0) is 28.0. The van der Waals surface area contributed by atoms with Gasteiger partial charge in [0.25, 0.3) is 11.8 Å². The Bertz CT molecular complexity index is 1720. The van der Waals surface area contributed by atoms with Crippen LogP contribution in [0.1, 0.15) is 73.0 Å². The van der Waals surface area contributed by atoms with Gasteiger partial charge in [-0.05, 0) is 61.1 Å². The van der Waals surface area contributed by atoms with Crippen molar-refractivity contribution in [1.29, 1.82) is 0 Å². The molecule has 202 valence electrons. The maximum Gasteiger partial charge on any atom is 0.270 e. The average Bonchev–Trinajstić information content (AvgIpc) is 3.58. The fraction of sp³-hybridized carbons (Fsp3) is 0.233. The second-order valence-corrected chi connectivity index (χ2v) is 10.1. The predicted molar refractivity (Wildman–Crippen MR) is 149 cm³/mol.